The Labute approximate surface area is 100 Å². The first-order chi connectivity index (χ1) is 7.88. The number of pyridine rings is 1. The van der Waals surface area contributed by atoms with Crippen molar-refractivity contribution in [1.82, 2.24) is 4.98 Å². The van der Waals surface area contributed by atoms with Gasteiger partial charge in [-0.3, -0.25) is 0 Å². The van der Waals surface area contributed by atoms with Gasteiger partial charge in [-0.2, -0.15) is 17.0 Å². The van der Waals surface area contributed by atoms with E-state index in [1.807, 2.05) is 11.8 Å². The van der Waals surface area contributed by atoms with E-state index in [9.17, 15) is 0 Å². The highest BCUT2D eigenvalue weighted by Crippen LogP contribution is 2.22. The number of hydrogen-bond acceptors (Lipinski definition) is 4. The maximum absolute atomic E-state index is 8.77. The Kier molecular flexibility index (Phi) is 4.06. The van der Waals surface area contributed by atoms with Crippen molar-refractivity contribution in [3.8, 4) is 6.07 Å². The summed E-state index contributed by atoms with van der Waals surface area (Å²) in [5.41, 5.74) is 0.664. The lowest BCUT2D eigenvalue weighted by molar-refractivity contribution is 0.515. The molecule has 1 aromatic rings. The van der Waals surface area contributed by atoms with E-state index in [0.29, 0.717) is 5.56 Å². The van der Waals surface area contributed by atoms with Crippen LogP contribution in [0.2, 0.25) is 0 Å². The highest BCUT2D eigenvalue weighted by Gasteiger charge is 2.13. The van der Waals surface area contributed by atoms with Crippen molar-refractivity contribution in [2.24, 2.45) is 5.92 Å². The molecule has 1 N–H and O–H groups in total. The normalized spacial score (nSPS) is 16.7. The molecular weight excluding hydrogens is 218 g/mol. The van der Waals surface area contributed by atoms with E-state index in [1.54, 1.807) is 18.3 Å². The fraction of sp³-hybridized carbons (Fsp3) is 0.500. The van der Waals surface area contributed by atoms with Crippen LogP contribution in [-0.2, 0) is 0 Å². The molecule has 1 saturated heterocycles. The molecule has 0 atom stereocenters. The second kappa shape index (κ2) is 5.76. The zero-order chi connectivity index (χ0) is 11.2. The van der Waals surface area contributed by atoms with Crippen LogP contribution < -0.4 is 5.32 Å². The molecule has 3 nitrogen and oxygen atoms in total. The number of nitrogens with one attached hydrogen (secondary N) is 1. The summed E-state index contributed by atoms with van der Waals surface area (Å²) in [7, 11) is 0. The number of anilines is 1. The van der Waals surface area contributed by atoms with E-state index in [4.69, 9.17) is 5.26 Å². The molecule has 0 aromatic carbocycles. The predicted octanol–water partition coefficient (Wildman–Crippen LogP) is 2.51. The Hall–Kier alpha value is -1.21. The Morgan fingerprint density at radius 3 is 3.06 bits per heavy atom. The lowest BCUT2D eigenvalue weighted by Gasteiger charge is -2.21. The van der Waals surface area contributed by atoms with Gasteiger partial charge in [-0.05, 0) is 42.4 Å². The third-order valence-electron chi connectivity index (χ3n) is 2.80. The van der Waals surface area contributed by atoms with Gasteiger partial charge in [-0.25, -0.2) is 4.98 Å². The van der Waals surface area contributed by atoms with E-state index in [-0.39, 0.29) is 0 Å². The molecule has 0 unspecified atom stereocenters. The Balaban J connectivity index is 1.86. The molecule has 0 bridgehead atoms. The molecule has 84 valence electrons. The molecule has 0 amide bonds. The topological polar surface area (TPSA) is 48.7 Å². The molecule has 0 saturated carbocycles. The van der Waals surface area contributed by atoms with Crippen molar-refractivity contribution in [2.45, 2.75) is 12.8 Å². The zero-order valence-corrected chi connectivity index (χ0v) is 9.96. The number of nitriles is 1. The molecule has 0 spiro atoms. The third-order valence-corrected chi connectivity index (χ3v) is 3.85. The largest absolute Gasteiger partial charge is 0.370 e. The third kappa shape index (κ3) is 3.14. The van der Waals surface area contributed by atoms with Crippen molar-refractivity contribution in [1.29, 1.82) is 5.26 Å². The predicted molar refractivity (Wildman–Crippen MR) is 67.5 cm³/mol. The standard InChI is InChI=1S/C12H15N3S/c13-8-11-1-4-14-12(7-11)15-9-10-2-5-16-6-3-10/h1,4,7,10H,2-3,5-6,9H2,(H,14,15). The monoisotopic (exact) mass is 233 g/mol. The van der Waals surface area contributed by atoms with Gasteiger partial charge in [0.25, 0.3) is 0 Å². The van der Waals surface area contributed by atoms with E-state index in [1.165, 1.54) is 24.3 Å². The molecule has 1 aliphatic heterocycles. The lowest BCUT2D eigenvalue weighted by Crippen LogP contribution is -2.19. The van der Waals surface area contributed by atoms with Gasteiger partial charge < -0.3 is 5.32 Å². The van der Waals surface area contributed by atoms with Gasteiger partial charge in [-0.15, -0.1) is 0 Å². The molecular formula is C12H15N3S. The van der Waals surface area contributed by atoms with Crippen LogP contribution in [0.25, 0.3) is 0 Å². The second-order valence-corrected chi connectivity index (χ2v) is 5.20. The lowest BCUT2D eigenvalue weighted by atomic mass is 10.0. The molecule has 4 heteroatoms. The first kappa shape index (κ1) is 11.3. The van der Waals surface area contributed by atoms with Crippen LogP contribution in [0.15, 0.2) is 18.3 Å². The minimum Gasteiger partial charge on any atom is -0.370 e. The maximum Gasteiger partial charge on any atom is 0.127 e. The van der Waals surface area contributed by atoms with Gasteiger partial charge in [0, 0.05) is 12.7 Å². The van der Waals surface area contributed by atoms with Crippen LogP contribution in [-0.4, -0.2) is 23.0 Å². The molecule has 0 radical (unpaired) electrons. The molecule has 1 aliphatic rings. The van der Waals surface area contributed by atoms with Crippen LogP contribution in [0.5, 0.6) is 0 Å². The summed E-state index contributed by atoms with van der Waals surface area (Å²) >= 11 is 2.04. The minimum atomic E-state index is 0.664. The Morgan fingerprint density at radius 2 is 2.31 bits per heavy atom. The number of rotatable bonds is 3. The maximum atomic E-state index is 8.77. The Bertz CT molecular complexity index is 380. The van der Waals surface area contributed by atoms with Gasteiger partial charge in [-0.1, -0.05) is 0 Å². The number of aromatic nitrogens is 1. The highest BCUT2D eigenvalue weighted by molar-refractivity contribution is 7.99. The summed E-state index contributed by atoms with van der Waals surface area (Å²) in [6.45, 7) is 0.975. The second-order valence-electron chi connectivity index (χ2n) is 3.98. The minimum absolute atomic E-state index is 0.664. The van der Waals surface area contributed by atoms with Crippen molar-refractivity contribution >= 4 is 17.6 Å². The quantitative estimate of drug-likeness (QED) is 0.871. The van der Waals surface area contributed by atoms with Crippen LogP contribution in [0.1, 0.15) is 18.4 Å². The van der Waals surface area contributed by atoms with Crippen LogP contribution in [0.4, 0.5) is 5.82 Å². The van der Waals surface area contributed by atoms with Gasteiger partial charge in [0.2, 0.25) is 0 Å². The summed E-state index contributed by atoms with van der Waals surface area (Å²) in [5.74, 6) is 4.13. The molecule has 2 rings (SSSR count). The molecule has 2 heterocycles. The van der Waals surface area contributed by atoms with E-state index >= 15 is 0 Å². The van der Waals surface area contributed by atoms with Crippen molar-refractivity contribution in [3.63, 3.8) is 0 Å². The smallest absolute Gasteiger partial charge is 0.127 e. The summed E-state index contributed by atoms with van der Waals surface area (Å²) < 4.78 is 0. The summed E-state index contributed by atoms with van der Waals surface area (Å²) in [6.07, 6.45) is 4.25. The van der Waals surface area contributed by atoms with Crippen LogP contribution in [0.3, 0.4) is 0 Å². The number of thioether (sulfide) groups is 1. The SMILES string of the molecule is N#Cc1ccnc(NCC2CCSCC2)c1. The molecule has 1 fully saturated rings. The Morgan fingerprint density at radius 1 is 1.50 bits per heavy atom. The number of nitrogens with zero attached hydrogens (tertiary/aromatic N) is 2. The van der Waals surface area contributed by atoms with Crippen molar-refractivity contribution in [3.05, 3.63) is 23.9 Å². The van der Waals surface area contributed by atoms with Crippen LogP contribution >= 0.6 is 11.8 Å². The highest BCUT2D eigenvalue weighted by atomic mass is 32.2. The average Bonchev–Trinajstić information content (AvgIpc) is 2.38. The number of hydrogen-bond donors (Lipinski definition) is 1. The van der Waals surface area contributed by atoms with Gasteiger partial charge in [0.15, 0.2) is 0 Å². The molecule has 16 heavy (non-hydrogen) atoms. The zero-order valence-electron chi connectivity index (χ0n) is 9.15. The van der Waals surface area contributed by atoms with Crippen LogP contribution in [0, 0.1) is 17.2 Å². The first-order valence-corrected chi connectivity index (χ1v) is 6.72. The summed E-state index contributed by atoms with van der Waals surface area (Å²) in [4.78, 5) is 4.20. The van der Waals surface area contributed by atoms with E-state index in [0.717, 1.165) is 18.3 Å². The van der Waals surface area contributed by atoms with Crippen molar-refractivity contribution < 1.29 is 0 Å². The summed E-state index contributed by atoms with van der Waals surface area (Å²) in [6, 6.07) is 5.65. The average molecular weight is 233 g/mol. The molecule has 0 aliphatic carbocycles. The fourth-order valence-corrected chi connectivity index (χ4v) is 3.00. The van der Waals surface area contributed by atoms with Gasteiger partial charge in [0.1, 0.15) is 5.82 Å². The first-order valence-electron chi connectivity index (χ1n) is 5.56. The van der Waals surface area contributed by atoms with Crippen molar-refractivity contribution in [2.75, 3.05) is 23.4 Å². The van der Waals surface area contributed by atoms with E-state index in [2.05, 4.69) is 16.4 Å². The van der Waals surface area contributed by atoms with Gasteiger partial charge in [0.05, 0.1) is 11.6 Å². The van der Waals surface area contributed by atoms with E-state index < -0.39 is 0 Å². The summed E-state index contributed by atoms with van der Waals surface area (Å²) in [5, 5.41) is 12.1. The fourth-order valence-electron chi connectivity index (χ4n) is 1.80. The molecule has 1 aromatic heterocycles. The van der Waals surface area contributed by atoms with Gasteiger partial charge >= 0.3 is 0 Å².